The molecular weight excluding hydrogens is 580 g/mol. The second-order valence-electron chi connectivity index (χ2n) is 9.79. The van der Waals surface area contributed by atoms with Crippen molar-refractivity contribution in [2.45, 2.75) is 52.1 Å². The molecule has 0 saturated carbocycles. The number of carbonyl (C=O) groups is 1. The number of fused-ring (bicyclic) bond motifs is 1. The van der Waals surface area contributed by atoms with Gasteiger partial charge in [0.15, 0.2) is 6.61 Å². The fourth-order valence-corrected chi connectivity index (χ4v) is 4.82. The second kappa shape index (κ2) is 16.4. The second-order valence-corrected chi connectivity index (χ2v) is 10.7. The maximum atomic E-state index is 12.4. The molecule has 41 heavy (non-hydrogen) atoms. The molecule has 4 rings (SSSR count). The van der Waals surface area contributed by atoms with E-state index in [1.54, 1.807) is 18.3 Å². The fraction of sp³-hybridized carbons (Fsp3) is 0.294. The highest BCUT2D eigenvalue weighted by atomic mass is 79.9. The van der Waals surface area contributed by atoms with Gasteiger partial charge in [-0.05, 0) is 65.2 Å². The van der Waals surface area contributed by atoms with E-state index in [0.717, 1.165) is 38.5 Å². The predicted octanol–water partition coefficient (Wildman–Crippen LogP) is 8.45. The summed E-state index contributed by atoms with van der Waals surface area (Å²) in [6.07, 6.45) is 8.99. The van der Waals surface area contributed by atoms with E-state index in [2.05, 4.69) is 33.4 Å². The first-order valence-electron chi connectivity index (χ1n) is 14.2. The average Bonchev–Trinajstić information content (AvgIpc) is 2.99. The molecule has 0 aromatic heterocycles. The van der Waals surface area contributed by atoms with Crippen LogP contribution in [-0.4, -0.2) is 25.3 Å². The highest BCUT2D eigenvalue weighted by Crippen LogP contribution is 2.28. The SMILES string of the molecule is CCCCCCCCOc1ccc(OCC(=O)NN=Cc2c(OCc3cccc(Br)c3)ccc3ccccc23)cc1. The van der Waals surface area contributed by atoms with Crippen molar-refractivity contribution >= 4 is 38.8 Å². The molecule has 1 N–H and O–H groups in total. The van der Waals surface area contributed by atoms with Crippen molar-refractivity contribution in [1.82, 2.24) is 5.43 Å². The van der Waals surface area contributed by atoms with Crippen LogP contribution in [0.3, 0.4) is 0 Å². The number of rotatable bonds is 16. The molecule has 214 valence electrons. The number of ether oxygens (including phenoxy) is 3. The summed E-state index contributed by atoms with van der Waals surface area (Å²) in [5.41, 5.74) is 4.39. The Morgan fingerprint density at radius 1 is 0.829 bits per heavy atom. The summed E-state index contributed by atoms with van der Waals surface area (Å²) in [6, 6.07) is 27.2. The van der Waals surface area contributed by atoms with E-state index in [-0.39, 0.29) is 12.5 Å². The van der Waals surface area contributed by atoms with Crippen LogP contribution in [0.1, 0.15) is 56.6 Å². The Morgan fingerprint density at radius 2 is 1.59 bits per heavy atom. The maximum absolute atomic E-state index is 12.4. The van der Waals surface area contributed by atoms with Crippen LogP contribution in [-0.2, 0) is 11.4 Å². The van der Waals surface area contributed by atoms with Crippen molar-refractivity contribution in [2.24, 2.45) is 5.10 Å². The largest absolute Gasteiger partial charge is 0.494 e. The smallest absolute Gasteiger partial charge is 0.277 e. The van der Waals surface area contributed by atoms with Gasteiger partial charge in [0.25, 0.3) is 5.91 Å². The number of benzene rings is 4. The molecule has 0 heterocycles. The highest BCUT2D eigenvalue weighted by molar-refractivity contribution is 9.10. The Balaban J connectivity index is 1.27. The maximum Gasteiger partial charge on any atom is 0.277 e. The Hall–Kier alpha value is -3.84. The first-order chi connectivity index (χ1) is 20.1. The lowest BCUT2D eigenvalue weighted by atomic mass is 10.0. The summed E-state index contributed by atoms with van der Waals surface area (Å²) in [5.74, 6) is 1.71. The van der Waals surface area contributed by atoms with Gasteiger partial charge in [-0.25, -0.2) is 5.43 Å². The molecule has 0 atom stereocenters. The normalized spacial score (nSPS) is 11.1. The molecule has 0 aliphatic heterocycles. The van der Waals surface area contributed by atoms with Gasteiger partial charge in [-0.3, -0.25) is 4.79 Å². The Bertz CT molecular complexity index is 1420. The van der Waals surface area contributed by atoms with Crippen LogP contribution in [0.2, 0.25) is 0 Å². The topological polar surface area (TPSA) is 69.2 Å². The minimum absolute atomic E-state index is 0.156. The van der Waals surface area contributed by atoms with Crippen LogP contribution in [0.5, 0.6) is 17.2 Å². The van der Waals surface area contributed by atoms with Crippen molar-refractivity contribution < 1.29 is 19.0 Å². The Kier molecular flexibility index (Phi) is 12.1. The molecule has 0 aliphatic carbocycles. The first-order valence-corrected chi connectivity index (χ1v) is 15.0. The molecular formula is C34H37BrN2O4. The molecule has 7 heteroatoms. The van der Waals surface area contributed by atoms with E-state index in [0.29, 0.717) is 24.7 Å². The van der Waals surface area contributed by atoms with E-state index in [9.17, 15) is 4.79 Å². The molecule has 0 radical (unpaired) electrons. The van der Waals surface area contributed by atoms with Crippen molar-refractivity contribution in [2.75, 3.05) is 13.2 Å². The molecule has 0 spiro atoms. The van der Waals surface area contributed by atoms with E-state index in [1.807, 2.05) is 72.8 Å². The first kappa shape index (κ1) is 30.1. The number of hydrogen-bond acceptors (Lipinski definition) is 5. The van der Waals surface area contributed by atoms with Gasteiger partial charge in [0.1, 0.15) is 23.9 Å². The number of hydrogen-bond donors (Lipinski definition) is 1. The zero-order chi connectivity index (χ0) is 28.7. The number of hydrazone groups is 1. The van der Waals surface area contributed by atoms with Crippen LogP contribution in [0.25, 0.3) is 10.8 Å². The summed E-state index contributed by atoms with van der Waals surface area (Å²) in [6.45, 7) is 3.18. The van der Waals surface area contributed by atoms with Gasteiger partial charge in [0, 0.05) is 10.0 Å². The van der Waals surface area contributed by atoms with E-state index < -0.39 is 0 Å². The molecule has 0 aliphatic rings. The Labute approximate surface area is 250 Å². The summed E-state index contributed by atoms with van der Waals surface area (Å²) in [7, 11) is 0. The average molecular weight is 618 g/mol. The van der Waals surface area contributed by atoms with Crippen molar-refractivity contribution in [1.29, 1.82) is 0 Å². The molecule has 0 unspecified atom stereocenters. The lowest BCUT2D eigenvalue weighted by molar-refractivity contribution is -0.123. The quantitative estimate of drug-likeness (QED) is 0.0779. The van der Waals surface area contributed by atoms with Gasteiger partial charge >= 0.3 is 0 Å². The molecule has 0 bridgehead atoms. The fourth-order valence-electron chi connectivity index (χ4n) is 4.38. The minimum Gasteiger partial charge on any atom is -0.494 e. The van der Waals surface area contributed by atoms with Crippen LogP contribution >= 0.6 is 15.9 Å². The van der Waals surface area contributed by atoms with E-state index in [4.69, 9.17) is 14.2 Å². The number of carbonyl (C=O) groups excluding carboxylic acids is 1. The third-order valence-corrected chi connectivity index (χ3v) is 7.05. The monoisotopic (exact) mass is 616 g/mol. The Morgan fingerprint density at radius 3 is 2.39 bits per heavy atom. The molecule has 1 amide bonds. The summed E-state index contributed by atoms with van der Waals surface area (Å²) in [5, 5.41) is 6.23. The van der Waals surface area contributed by atoms with E-state index in [1.165, 1.54) is 32.1 Å². The zero-order valence-corrected chi connectivity index (χ0v) is 25.1. The van der Waals surface area contributed by atoms with E-state index >= 15 is 0 Å². The number of unbranched alkanes of at least 4 members (excludes halogenated alkanes) is 5. The molecule has 6 nitrogen and oxygen atoms in total. The number of amides is 1. The van der Waals surface area contributed by atoms with Crippen LogP contribution in [0.15, 0.2) is 94.5 Å². The van der Waals surface area contributed by atoms with Crippen LogP contribution in [0, 0.1) is 0 Å². The highest BCUT2D eigenvalue weighted by Gasteiger charge is 2.09. The predicted molar refractivity (Wildman–Crippen MR) is 169 cm³/mol. The standard InChI is InChI=1S/C34H37BrN2O4/c1-2-3-4-5-6-9-21-39-29-16-18-30(19-17-29)40-25-34(38)37-36-23-32-31-14-8-7-12-27(31)15-20-33(32)41-24-26-11-10-13-28(35)22-26/h7-8,10-20,22-23H,2-6,9,21,24-25H2,1H3,(H,37,38). The number of nitrogens with one attached hydrogen (secondary N) is 1. The van der Waals surface area contributed by atoms with Gasteiger partial charge in [-0.1, -0.05) is 97.4 Å². The number of nitrogens with zero attached hydrogens (tertiary/aromatic N) is 1. The molecule has 0 fully saturated rings. The van der Waals surface area contributed by atoms with Gasteiger partial charge in [0.2, 0.25) is 0 Å². The summed E-state index contributed by atoms with van der Waals surface area (Å²) >= 11 is 3.50. The van der Waals surface area contributed by atoms with Crippen molar-refractivity contribution in [3.8, 4) is 17.2 Å². The third-order valence-electron chi connectivity index (χ3n) is 6.56. The zero-order valence-electron chi connectivity index (χ0n) is 23.5. The van der Waals surface area contributed by atoms with Crippen LogP contribution in [0.4, 0.5) is 0 Å². The van der Waals surface area contributed by atoms with Crippen molar-refractivity contribution in [3.05, 3.63) is 101 Å². The van der Waals surface area contributed by atoms with Crippen LogP contribution < -0.4 is 19.6 Å². The molecule has 0 saturated heterocycles. The molecule has 4 aromatic rings. The van der Waals surface area contributed by atoms with Gasteiger partial charge in [0.05, 0.1) is 12.8 Å². The summed E-state index contributed by atoms with van der Waals surface area (Å²) < 4.78 is 18.6. The van der Waals surface area contributed by atoms with Gasteiger partial charge in [-0.2, -0.15) is 5.10 Å². The third kappa shape index (κ3) is 9.94. The molecule has 4 aromatic carbocycles. The summed E-state index contributed by atoms with van der Waals surface area (Å²) in [4.78, 5) is 12.4. The number of halogens is 1. The lowest BCUT2D eigenvalue weighted by Gasteiger charge is -2.12. The van der Waals surface area contributed by atoms with Gasteiger partial charge in [-0.15, -0.1) is 0 Å². The minimum atomic E-state index is -0.360. The van der Waals surface area contributed by atoms with Crippen molar-refractivity contribution in [3.63, 3.8) is 0 Å². The van der Waals surface area contributed by atoms with Gasteiger partial charge < -0.3 is 14.2 Å². The lowest BCUT2D eigenvalue weighted by Crippen LogP contribution is -2.24.